The lowest BCUT2D eigenvalue weighted by Gasteiger charge is -2.03. The summed E-state index contributed by atoms with van der Waals surface area (Å²) >= 11 is 13.6. The van der Waals surface area contributed by atoms with Crippen LogP contribution in [-0.4, -0.2) is 20.5 Å². The number of aromatic nitrogens is 3. The van der Waals surface area contributed by atoms with Crippen molar-refractivity contribution in [2.45, 2.75) is 13.8 Å². The van der Waals surface area contributed by atoms with Crippen molar-refractivity contribution >= 4 is 51.4 Å². The van der Waals surface area contributed by atoms with E-state index in [0.717, 1.165) is 11.3 Å². The Balaban J connectivity index is 2.01. The van der Waals surface area contributed by atoms with E-state index in [1.165, 1.54) is 11.3 Å². The molecule has 114 valence electrons. The zero-order valence-electron chi connectivity index (χ0n) is 11.8. The Bertz CT molecular complexity index is 856. The number of halogens is 2. The molecule has 0 fully saturated rings. The predicted octanol–water partition coefficient (Wildman–Crippen LogP) is 4.36. The number of anilines is 1. The van der Waals surface area contributed by atoms with Crippen molar-refractivity contribution < 1.29 is 4.79 Å². The number of fused-ring (bicyclic) bond motifs is 1. The van der Waals surface area contributed by atoms with Gasteiger partial charge in [0.1, 0.15) is 0 Å². The second kappa shape index (κ2) is 5.87. The quantitative estimate of drug-likeness (QED) is 0.759. The zero-order valence-corrected chi connectivity index (χ0v) is 14.1. The zero-order chi connectivity index (χ0) is 15.9. The first-order chi connectivity index (χ1) is 10.5. The topological polar surface area (TPSA) is 59.3 Å². The highest BCUT2D eigenvalue weighted by Crippen LogP contribution is 2.33. The lowest BCUT2D eigenvalue weighted by atomic mass is 10.2. The minimum absolute atomic E-state index is 0.121. The van der Waals surface area contributed by atoms with Gasteiger partial charge in [-0.05, 0) is 18.2 Å². The maximum Gasteiger partial charge on any atom is 0.250 e. The van der Waals surface area contributed by atoms with Crippen molar-refractivity contribution in [2.75, 3.05) is 5.32 Å². The number of hydrogen-bond donors (Lipinski definition) is 1. The van der Waals surface area contributed by atoms with Crippen LogP contribution in [0, 0.1) is 5.92 Å². The minimum Gasteiger partial charge on any atom is -0.293 e. The molecule has 1 amide bonds. The van der Waals surface area contributed by atoms with Crippen molar-refractivity contribution in [1.82, 2.24) is 14.6 Å². The van der Waals surface area contributed by atoms with Crippen molar-refractivity contribution in [1.29, 1.82) is 0 Å². The van der Waals surface area contributed by atoms with Gasteiger partial charge in [-0.3, -0.25) is 10.1 Å². The van der Waals surface area contributed by atoms with Gasteiger partial charge in [0, 0.05) is 21.9 Å². The molecule has 0 unspecified atom stereocenters. The van der Waals surface area contributed by atoms with Gasteiger partial charge < -0.3 is 0 Å². The highest BCUT2D eigenvalue weighted by Gasteiger charge is 2.16. The molecule has 3 aromatic rings. The molecular weight excluding hydrogens is 343 g/mol. The normalized spacial score (nSPS) is 11.3. The van der Waals surface area contributed by atoms with Gasteiger partial charge in [-0.15, -0.1) is 16.4 Å². The average molecular weight is 355 g/mol. The third-order valence-corrected chi connectivity index (χ3v) is 4.41. The molecule has 2 heterocycles. The predicted molar refractivity (Wildman–Crippen MR) is 89.8 cm³/mol. The maximum atomic E-state index is 11.7. The van der Waals surface area contributed by atoms with Gasteiger partial charge in [0.15, 0.2) is 0 Å². The fourth-order valence-electron chi connectivity index (χ4n) is 1.87. The van der Waals surface area contributed by atoms with Crippen LogP contribution in [0.15, 0.2) is 23.6 Å². The van der Waals surface area contributed by atoms with Gasteiger partial charge in [0.2, 0.25) is 16.8 Å². The first kappa shape index (κ1) is 15.3. The minimum atomic E-state index is -0.133. The fraction of sp³-hybridized carbons (Fsp3) is 0.214. The molecule has 3 rings (SSSR count). The number of benzene rings is 1. The Morgan fingerprint density at radius 3 is 2.82 bits per heavy atom. The van der Waals surface area contributed by atoms with Crippen LogP contribution in [0.2, 0.25) is 10.0 Å². The van der Waals surface area contributed by atoms with Crippen molar-refractivity contribution in [3.8, 4) is 11.3 Å². The number of nitrogens with one attached hydrogen (secondary N) is 1. The summed E-state index contributed by atoms with van der Waals surface area (Å²) in [6.07, 6.45) is 0. The summed E-state index contributed by atoms with van der Waals surface area (Å²) in [4.78, 5) is 16.7. The molecule has 0 aliphatic heterocycles. The summed E-state index contributed by atoms with van der Waals surface area (Å²) in [5.74, 6) is 0.0351. The number of carbonyl (C=O) groups is 1. The first-order valence-corrected chi connectivity index (χ1v) is 8.20. The van der Waals surface area contributed by atoms with Gasteiger partial charge >= 0.3 is 0 Å². The number of hydrogen-bond acceptors (Lipinski definition) is 4. The van der Waals surface area contributed by atoms with E-state index in [1.807, 2.05) is 25.3 Å². The van der Waals surface area contributed by atoms with Crippen LogP contribution in [0.4, 0.5) is 5.95 Å². The van der Waals surface area contributed by atoms with E-state index in [2.05, 4.69) is 15.4 Å². The Morgan fingerprint density at radius 2 is 2.14 bits per heavy atom. The van der Waals surface area contributed by atoms with Crippen LogP contribution in [0.5, 0.6) is 0 Å². The second-order valence-corrected chi connectivity index (χ2v) is 6.70. The van der Waals surface area contributed by atoms with Gasteiger partial charge in [-0.2, -0.15) is 4.98 Å². The molecule has 0 spiro atoms. The van der Waals surface area contributed by atoms with E-state index in [9.17, 15) is 4.79 Å². The number of amides is 1. The third-order valence-electron chi connectivity index (χ3n) is 3.05. The Hall–Kier alpha value is -1.63. The van der Waals surface area contributed by atoms with E-state index in [4.69, 9.17) is 23.2 Å². The Labute approximate surface area is 140 Å². The molecule has 0 bridgehead atoms. The van der Waals surface area contributed by atoms with Crippen LogP contribution in [0.1, 0.15) is 13.8 Å². The van der Waals surface area contributed by atoms with E-state index >= 15 is 0 Å². The molecule has 22 heavy (non-hydrogen) atoms. The smallest absolute Gasteiger partial charge is 0.250 e. The molecule has 1 N–H and O–H groups in total. The van der Waals surface area contributed by atoms with Crippen LogP contribution in [0.25, 0.3) is 16.2 Å². The summed E-state index contributed by atoms with van der Waals surface area (Å²) in [5.41, 5.74) is 1.61. The second-order valence-electron chi connectivity index (χ2n) is 5.02. The van der Waals surface area contributed by atoms with Gasteiger partial charge in [0.05, 0.1) is 10.7 Å². The molecule has 0 aliphatic rings. The summed E-state index contributed by atoms with van der Waals surface area (Å²) in [6.45, 7) is 3.62. The lowest BCUT2D eigenvalue weighted by molar-refractivity contribution is -0.118. The summed E-state index contributed by atoms with van der Waals surface area (Å²) in [7, 11) is 0. The summed E-state index contributed by atoms with van der Waals surface area (Å²) < 4.78 is 1.66. The monoisotopic (exact) mass is 354 g/mol. The third kappa shape index (κ3) is 2.82. The molecule has 0 aliphatic carbocycles. The maximum absolute atomic E-state index is 11.7. The molecule has 0 saturated carbocycles. The number of carbonyl (C=O) groups excluding carboxylic acids is 1. The molecular formula is C14H12Cl2N4OS. The van der Waals surface area contributed by atoms with Crippen LogP contribution in [0.3, 0.4) is 0 Å². The van der Waals surface area contributed by atoms with Crippen LogP contribution >= 0.6 is 34.5 Å². The molecule has 8 heteroatoms. The van der Waals surface area contributed by atoms with E-state index in [1.54, 1.807) is 16.6 Å². The molecule has 0 atom stereocenters. The highest BCUT2D eigenvalue weighted by molar-refractivity contribution is 7.15. The molecule has 0 radical (unpaired) electrons. The first-order valence-electron chi connectivity index (χ1n) is 6.56. The number of thiazole rings is 1. The number of nitrogens with zero attached hydrogens (tertiary/aromatic N) is 3. The lowest BCUT2D eigenvalue weighted by Crippen LogP contribution is -2.18. The standard InChI is InChI=1S/C14H12Cl2N4OS/c1-7(2)12(21)17-13-18-14-20(19-13)11(6-22-14)9-4-3-8(15)5-10(9)16/h3-7H,1-2H3,(H,17,19,21). The molecule has 5 nitrogen and oxygen atoms in total. The van der Waals surface area contributed by atoms with Gasteiger partial charge in [-0.1, -0.05) is 37.0 Å². The highest BCUT2D eigenvalue weighted by atomic mass is 35.5. The number of rotatable bonds is 3. The Kier molecular flexibility index (Phi) is 4.08. The van der Waals surface area contributed by atoms with Crippen molar-refractivity contribution in [2.24, 2.45) is 5.92 Å². The van der Waals surface area contributed by atoms with Gasteiger partial charge in [-0.25, -0.2) is 4.52 Å². The fourth-order valence-corrected chi connectivity index (χ4v) is 3.20. The van der Waals surface area contributed by atoms with Crippen LogP contribution < -0.4 is 5.32 Å². The van der Waals surface area contributed by atoms with E-state index in [0.29, 0.717) is 15.0 Å². The van der Waals surface area contributed by atoms with Gasteiger partial charge in [0.25, 0.3) is 0 Å². The molecule has 1 aromatic carbocycles. The molecule has 2 aromatic heterocycles. The molecule has 0 saturated heterocycles. The van der Waals surface area contributed by atoms with Crippen LogP contribution in [-0.2, 0) is 4.79 Å². The van der Waals surface area contributed by atoms with E-state index < -0.39 is 0 Å². The van der Waals surface area contributed by atoms with Crippen molar-refractivity contribution in [3.05, 3.63) is 33.6 Å². The average Bonchev–Trinajstić information content (AvgIpc) is 2.99. The summed E-state index contributed by atoms with van der Waals surface area (Å²) in [6, 6.07) is 5.28. The van der Waals surface area contributed by atoms with Crippen molar-refractivity contribution in [3.63, 3.8) is 0 Å². The largest absolute Gasteiger partial charge is 0.293 e. The van der Waals surface area contributed by atoms with E-state index in [-0.39, 0.29) is 17.8 Å². The summed E-state index contributed by atoms with van der Waals surface area (Å²) in [5, 5.41) is 10.0. The SMILES string of the molecule is CC(C)C(=O)Nc1nc2scc(-c3ccc(Cl)cc3Cl)n2n1. The Morgan fingerprint density at radius 1 is 1.36 bits per heavy atom.